The zero-order valence-corrected chi connectivity index (χ0v) is 17.3. The second-order valence-corrected chi connectivity index (χ2v) is 7.71. The van der Waals surface area contributed by atoms with Crippen LogP contribution in [0.2, 0.25) is 5.02 Å². The summed E-state index contributed by atoms with van der Waals surface area (Å²) in [6.45, 7) is 0.181. The summed E-state index contributed by atoms with van der Waals surface area (Å²) in [6.07, 6.45) is 0.668. The van der Waals surface area contributed by atoms with Gasteiger partial charge in [0.05, 0.1) is 11.1 Å². The number of carbonyl (C=O) groups is 2. The number of hydrogen-bond donors (Lipinski definition) is 1. The molecule has 4 aromatic carbocycles. The predicted molar refractivity (Wildman–Crippen MR) is 121 cm³/mol. The van der Waals surface area contributed by atoms with Crippen molar-refractivity contribution in [3.63, 3.8) is 0 Å². The number of ether oxygens (including phenoxy) is 1. The van der Waals surface area contributed by atoms with Gasteiger partial charge in [0.15, 0.2) is 0 Å². The summed E-state index contributed by atoms with van der Waals surface area (Å²) in [6, 6.07) is 25.6. The Balaban J connectivity index is 1.49. The third kappa shape index (κ3) is 5.11. The van der Waals surface area contributed by atoms with Crippen molar-refractivity contribution in [3.8, 4) is 0 Å². The van der Waals surface area contributed by atoms with Gasteiger partial charge in [-0.3, -0.25) is 0 Å². The third-order valence-electron chi connectivity index (χ3n) is 5.03. The fourth-order valence-electron chi connectivity index (χ4n) is 3.35. The molecule has 31 heavy (non-hydrogen) atoms. The molecule has 4 nitrogen and oxygen atoms in total. The highest BCUT2D eigenvalue weighted by atomic mass is 35.5. The summed E-state index contributed by atoms with van der Waals surface area (Å²) in [4.78, 5) is 23.5. The first-order valence-corrected chi connectivity index (χ1v) is 10.1. The van der Waals surface area contributed by atoms with Gasteiger partial charge in [0.25, 0.3) is 0 Å². The van der Waals surface area contributed by atoms with Crippen LogP contribution in [0.25, 0.3) is 10.8 Å². The van der Waals surface area contributed by atoms with Gasteiger partial charge in [0, 0.05) is 5.02 Å². The lowest BCUT2D eigenvalue weighted by Gasteiger charge is -2.08. The second kappa shape index (κ2) is 9.02. The lowest BCUT2D eigenvalue weighted by Crippen LogP contribution is -2.05. The highest BCUT2D eigenvalue weighted by Crippen LogP contribution is 2.21. The van der Waals surface area contributed by atoms with E-state index in [1.54, 1.807) is 30.3 Å². The Hall–Kier alpha value is -3.63. The molecule has 0 spiro atoms. The minimum Gasteiger partial charge on any atom is -0.478 e. The predicted octanol–water partition coefficient (Wildman–Crippen LogP) is 6.14. The van der Waals surface area contributed by atoms with E-state index in [4.69, 9.17) is 21.4 Å². The summed E-state index contributed by atoms with van der Waals surface area (Å²) < 4.78 is 5.43. The van der Waals surface area contributed by atoms with Crippen LogP contribution in [0.1, 0.15) is 37.4 Å². The molecule has 4 aromatic rings. The van der Waals surface area contributed by atoms with Gasteiger partial charge in [-0.2, -0.15) is 0 Å². The fourth-order valence-corrected chi connectivity index (χ4v) is 3.47. The van der Waals surface area contributed by atoms with Crippen molar-refractivity contribution in [3.05, 3.63) is 118 Å². The first-order chi connectivity index (χ1) is 15.0. The van der Waals surface area contributed by atoms with Crippen molar-refractivity contribution in [1.29, 1.82) is 0 Å². The van der Waals surface area contributed by atoms with E-state index in [1.165, 1.54) is 0 Å². The van der Waals surface area contributed by atoms with E-state index in [2.05, 4.69) is 0 Å². The van der Waals surface area contributed by atoms with E-state index in [1.807, 2.05) is 54.6 Å². The number of aromatic carboxylic acids is 1. The maximum absolute atomic E-state index is 12.5. The number of fused-ring (bicyclic) bond motifs is 1. The summed E-state index contributed by atoms with van der Waals surface area (Å²) in [7, 11) is 0. The van der Waals surface area contributed by atoms with Crippen LogP contribution in [-0.2, 0) is 17.8 Å². The Kier molecular flexibility index (Phi) is 6.01. The molecular formula is C26H19ClO4. The monoisotopic (exact) mass is 430 g/mol. The van der Waals surface area contributed by atoms with Gasteiger partial charge in [-0.25, -0.2) is 9.59 Å². The lowest BCUT2D eigenvalue weighted by molar-refractivity contribution is 0.0472. The molecule has 154 valence electrons. The van der Waals surface area contributed by atoms with Crippen molar-refractivity contribution in [2.24, 2.45) is 0 Å². The van der Waals surface area contributed by atoms with Crippen LogP contribution in [-0.4, -0.2) is 17.0 Å². The topological polar surface area (TPSA) is 63.6 Å². The molecule has 0 fully saturated rings. The third-order valence-corrected chi connectivity index (χ3v) is 5.28. The number of benzene rings is 4. The Morgan fingerprint density at radius 1 is 0.710 bits per heavy atom. The van der Waals surface area contributed by atoms with Crippen LogP contribution >= 0.6 is 11.6 Å². The van der Waals surface area contributed by atoms with Crippen LogP contribution in [0.3, 0.4) is 0 Å². The highest BCUT2D eigenvalue weighted by molar-refractivity contribution is 6.30. The van der Waals surface area contributed by atoms with Gasteiger partial charge < -0.3 is 9.84 Å². The minimum absolute atomic E-state index is 0.181. The molecule has 0 unspecified atom stereocenters. The maximum atomic E-state index is 12.5. The molecule has 0 amide bonds. The Morgan fingerprint density at radius 2 is 1.32 bits per heavy atom. The molecule has 0 aliphatic carbocycles. The quantitative estimate of drug-likeness (QED) is 0.373. The summed E-state index contributed by atoms with van der Waals surface area (Å²) in [5.41, 5.74) is 3.72. The average molecular weight is 431 g/mol. The van der Waals surface area contributed by atoms with Crippen molar-refractivity contribution >= 4 is 34.3 Å². The average Bonchev–Trinajstić information content (AvgIpc) is 2.78. The van der Waals surface area contributed by atoms with E-state index >= 15 is 0 Å². The van der Waals surface area contributed by atoms with Crippen molar-refractivity contribution < 1.29 is 19.4 Å². The lowest BCUT2D eigenvalue weighted by atomic mass is 9.99. The van der Waals surface area contributed by atoms with Crippen molar-refractivity contribution in [2.75, 3.05) is 0 Å². The fraction of sp³-hybridized carbons (Fsp3) is 0.0769. The molecule has 4 rings (SSSR count). The van der Waals surface area contributed by atoms with Gasteiger partial charge in [0.2, 0.25) is 0 Å². The van der Waals surface area contributed by atoms with Crippen LogP contribution in [0, 0.1) is 0 Å². The smallest absolute Gasteiger partial charge is 0.338 e. The molecule has 5 heteroatoms. The summed E-state index contributed by atoms with van der Waals surface area (Å²) >= 11 is 5.88. The molecular weight excluding hydrogens is 412 g/mol. The number of carboxylic acid groups (broad SMARTS) is 1. The van der Waals surface area contributed by atoms with Gasteiger partial charge >= 0.3 is 11.9 Å². The first kappa shape index (κ1) is 20.6. The molecule has 0 bridgehead atoms. The summed E-state index contributed by atoms with van der Waals surface area (Å²) in [5, 5.41) is 11.6. The Bertz CT molecular complexity index is 1240. The number of esters is 1. The van der Waals surface area contributed by atoms with Crippen molar-refractivity contribution in [2.45, 2.75) is 13.0 Å². The Labute approximate surface area is 184 Å². The molecule has 1 N–H and O–H groups in total. The van der Waals surface area contributed by atoms with Crippen molar-refractivity contribution in [1.82, 2.24) is 0 Å². The standard InChI is InChI=1S/C26H19ClO4/c27-24-11-4-18(5-12-24)16-31-26(30)22-10-9-20-6-3-19(14-23(20)15-22)13-17-1-7-21(8-2-17)25(28)29/h1-12,14-15H,13,16H2,(H,28,29). The van der Waals surface area contributed by atoms with E-state index < -0.39 is 5.97 Å². The van der Waals surface area contributed by atoms with E-state index in [-0.39, 0.29) is 18.1 Å². The number of carboxylic acids is 1. The van der Waals surface area contributed by atoms with E-state index in [0.29, 0.717) is 17.0 Å². The largest absolute Gasteiger partial charge is 0.478 e. The molecule has 0 aliphatic heterocycles. The van der Waals surface area contributed by atoms with E-state index in [0.717, 1.165) is 27.5 Å². The zero-order chi connectivity index (χ0) is 21.8. The van der Waals surface area contributed by atoms with E-state index in [9.17, 15) is 9.59 Å². The van der Waals surface area contributed by atoms with Crippen LogP contribution in [0.15, 0.2) is 84.9 Å². The molecule has 0 radical (unpaired) electrons. The van der Waals surface area contributed by atoms with Crippen LogP contribution < -0.4 is 0 Å². The number of hydrogen-bond acceptors (Lipinski definition) is 3. The molecule has 0 saturated carbocycles. The highest BCUT2D eigenvalue weighted by Gasteiger charge is 2.09. The molecule has 0 saturated heterocycles. The second-order valence-electron chi connectivity index (χ2n) is 7.28. The molecule has 0 heterocycles. The first-order valence-electron chi connectivity index (χ1n) is 9.74. The molecule has 0 aliphatic rings. The van der Waals surface area contributed by atoms with Gasteiger partial charge in [-0.05, 0) is 70.3 Å². The number of halogens is 1. The van der Waals surface area contributed by atoms with Gasteiger partial charge in [-0.1, -0.05) is 60.1 Å². The van der Waals surface area contributed by atoms with Crippen LogP contribution in [0.4, 0.5) is 0 Å². The minimum atomic E-state index is -0.937. The number of rotatable bonds is 6. The summed E-state index contributed by atoms with van der Waals surface area (Å²) in [5.74, 6) is -1.32. The zero-order valence-electron chi connectivity index (χ0n) is 16.5. The van der Waals surface area contributed by atoms with Gasteiger partial charge in [0.1, 0.15) is 6.61 Å². The molecule has 0 atom stereocenters. The van der Waals surface area contributed by atoms with Gasteiger partial charge in [-0.15, -0.1) is 0 Å². The van der Waals surface area contributed by atoms with Crippen LogP contribution in [0.5, 0.6) is 0 Å². The normalized spacial score (nSPS) is 10.7. The maximum Gasteiger partial charge on any atom is 0.338 e. The molecule has 0 aromatic heterocycles. The Morgan fingerprint density at radius 3 is 2.03 bits per heavy atom. The SMILES string of the molecule is O=C(O)c1ccc(Cc2ccc3ccc(C(=O)OCc4ccc(Cl)cc4)cc3c2)cc1. The number of carbonyl (C=O) groups excluding carboxylic acids is 1.